The minimum Gasteiger partial charge on any atom is -0.493 e. The number of aryl methyl sites for hydroxylation is 1. The predicted octanol–water partition coefficient (Wildman–Crippen LogP) is 3.02. The van der Waals surface area contributed by atoms with Crippen molar-refractivity contribution in [2.24, 2.45) is 0 Å². The fourth-order valence-corrected chi connectivity index (χ4v) is 3.04. The molecule has 0 saturated carbocycles. The third-order valence-corrected chi connectivity index (χ3v) is 4.60. The van der Waals surface area contributed by atoms with Crippen LogP contribution in [-0.4, -0.2) is 41.2 Å². The zero-order valence-corrected chi connectivity index (χ0v) is 15.9. The fraction of sp³-hybridized carbons (Fsp3) is 0.368. The van der Waals surface area contributed by atoms with Gasteiger partial charge in [-0.15, -0.1) is 0 Å². The molecule has 0 aliphatic carbocycles. The molecule has 2 aromatic rings. The van der Waals surface area contributed by atoms with Crippen LogP contribution in [0.15, 0.2) is 42.6 Å². The number of rotatable bonds is 8. The summed E-state index contributed by atoms with van der Waals surface area (Å²) < 4.78 is 10.5. The molecule has 0 bridgehead atoms. The maximum Gasteiger partial charge on any atom is 0.319 e. The van der Waals surface area contributed by atoms with E-state index in [2.05, 4.69) is 20.9 Å². The predicted molar refractivity (Wildman–Crippen MR) is 99.2 cm³/mol. The molecule has 0 spiro atoms. The average molecular weight is 408 g/mol. The van der Waals surface area contributed by atoms with Crippen molar-refractivity contribution in [3.8, 4) is 5.75 Å². The van der Waals surface area contributed by atoms with Gasteiger partial charge >= 0.3 is 5.97 Å². The van der Waals surface area contributed by atoms with Crippen LogP contribution in [0.5, 0.6) is 5.75 Å². The summed E-state index contributed by atoms with van der Waals surface area (Å²) in [7, 11) is 1.37. The first-order valence-electron chi connectivity index (χ1n) is 8.01. The minimum atomic E-state index is -0.366. The molecular formula is C19H22BrNO4. The van der Waals surface area contributed by atoms with E-state index < -0.39 is 0 Å². The number of carbonyl (C=O) groups is 1. The summed E-state index contributed by atoms with van der Waals surface area (Å²) in [6, 6.07) is 11.4. The quantitative estimate of drug-likeness (QED) is 0.537. The van der Waals surface area contributed by atoms with Crippen molar-refractivity contribution in [2.45, 2.75) is 24.1 Å². The van der Waals surface area contributed by atoms with Crippen LogP contribution >= 0.6 is 15.9 Å². The van der Waals surface area contributed by atoms with E-state index in [4.69, 9.17) is 9.47 Å². The van der Waals surface area contributed by atoms with Gasteiger partial charge in [0.15, 0.2) is 0 Å². The Bertz CT molecular complexity index is 690. The number of methoxy groups -OCH3 is 1. The number of hydrogen-bond donors (Lipinski definition) is 1. The molecule has 2 rings (SSSR count). The molecule has 2 unspecified atom stereocenters. The van der Waals surface area contributed by atoms with Gasteiger partial charge in [-0.05, 0) is 42.7 Å². The molecule has 0 radical (unpaired) electrons. The Kier molecular flexibility index (Phi) is 7.40. The van der Waals surface area contributed by atoms with Gasteiger partial charge in [0.1, 0.15) is 10.6 Å². The summed E-state index contributed by atoms with van der Waals surface area (Å²) in [5.74, 6) is 0.240. The standard InChI is InChI=1S/C19H22BrNO4/c1-13-4-3-9-21-18(13)15(11-22)12-25-16-7-5-14(6-8-16)10-17(20)19(23)24-2/h3-9,15,17,22H,10-12H2,1-2H3. The van der Waals surface area contributed by atoms with Gasteiger partial charge in [-0.25, -0.2) is 0 Å². The molecule has 2 atom stereocenters. The highest BCUT2D eigenvalue weighted by Crippen LogP contribution is 2.20. The molecule has 6 heteroatoms. The highest BCUT2D eigenvalue weighted by atomic mass is 79.9. The zero-order valence-electron chi connectivity index (χ0n) is 14.3. The molecule has 0 aliphatic rings. The van der Waals surface area contributed by atoms with Crippen molar-refractivity contribution in [1.29, 1.82) is 0 Å². The Morgan fingerprint density at radius 2 is 2.00 bits per heavy atom. The second-order valence-corrected chi connectivity index (χ2v) is 6.84. The van der Waals surface area contributed by atoms with E-state index in [9.17, 15) is 9.90 Å². The van der Waals surface area contributed by atoms with Crippen LogP contribution in [-0.2, 0) is 16.0 Å². The molecule has 25 heavy (non-hydrogen) atoms. The maximum atomic E-state index is 11.4. The van der Waals surface area contributed by atoms with Crippen molar-refractivity contribution >= 4 is 21.9 Å². The molecule has 1 aromatic heterocycles. The lowest BCUT2D eigenvalue weighted by molar-refractivity contribution is -0.139. The summed E-state index contributed by atoms with van der Waals surface area (Å²) in [6.07, 6.45) is 2.26. The highest BCUT2D eigenvalue weighted by molar-refractivity contribution is 9.10. The van der Waals surface area contributed by atoms with Gasteiger partial charge in [0.2, 0.25) is 0 Å². The third-order valence-electron chi connectivity index (χ3n) is 3.90. The molecule has 1 heterocycles. The number of pyridine rings is 1. The summed E-state index contributed by atoms with van der Waals surface area (Å²) in [4.78, 5) is 15.4. The lowest BCUT2D eigenvalue weighted by atomic mass is 10.0. The summed E-state index contributed by atoms with van der Waals surface area (Å²) in [5, 5.41) is 9.63. The Morgan fingerprint density at radius 1 is 1.28 bits per heavy atom. The van der Waals surface area contributed by atoms with Crippen molar-refractivity contribution < 1.29 is 19.4 Å². The van der Waals surface area contributed by atoms with Gasteiger partial charge in [0.25, 0.3) is 0 Å². The number of aliphatic hydroxyl groups excluding tert-OH is 1. The molecule has 134 valence electrons. The van der Waals surface area contributed by atoms with Crippen molar-refractivity contribution in [1.82, 2.24) is 4.98 Å². The number of aromatic nitrogens is 1. The number of esters is 1. The van der Waals surface area contributed by atoms with Crippen LogP contribution < -0.4 is 4.74 Å². The van der Waals surface area contributed by atoms with Crippen LogP contribution in [0, 0.1) is 6.92 Å². The SMILES string of the molecule is COC(=O)C(Br)Cc1ccc(OCC(CO)c2ncccc2C)cc1. The van der Waals surface area contributed by atoms with E-state index in [1.807, 2.05) is 43.3 Å². The van der Waals surface area contributed by atoms with Crippen LogP contribution in [0.1, 0.15) is 22.7 Å². The van der Waals surface area contributed by atoms with E-state index >= 15 is 0 Å². The molecule has 1 aromatic carbocycles. The van der Waals surface area contributed by atoms with E-state index in [1.165, 1.54) is 7.11 Å². The Hall–Kier alpha value is -1.92. The second kappa shape index (κ2) is 9.53. The van der Waals surface area contributed by atoms with E-state index in [-0.39, 0.29) is 23.3 Å². The zero-order chi connectivity index (χ0) is 18.2. The van der Waals surface area contributed by atoms with E-state index in [1.54, 1.807) is 6.20 Å². The monoisotopic (exact) mass is 407 g/mol. The molecular weight excluding hydrogens is 386 g/mol. The van der Waals surface area contributed by atoms with E-state index in [0.29, 0.717) is 18.8 Å². The van der Waals surface area contributed by atoms with Gasteiger partial charge in [-0.3, -0.25) is 9.78 Å². The van der Waals surface area contributed by atoms with Gasteiger partial charge in [-0.1, -0.05) is 34.1 Å². The first-order valence-corrected chi connectivity index (χ1v) is 8.92. The minimum absolute atomic E-state index is 0.0274. The van der Waals surface area contributed by atoms with Crippen molar-refractivity contribution in [3.05, 3.63) is 59.4 Å². The van der Waals surface area contributed by atoms with E-state index in [0.717, 1.165) is 16.8 Å². The number of hydrogen-bond acceptors (Lipinski definition) is 5. The fourth-order valence-electron chi connectivity index (χ4n) is 2.48. The normalized spacial score (nSPS) is 13.1. The topological polar surface area (TPSA) is 68.7 Å². The van der Waals surface area contributed by atoms with Crippen LogP contribution in [0.3, 0.4) is 0 Å². The number of aliphatic hydroxyl groups is 1. The molecule has 0 amide bonds. The highest BCUT2D eigenvalue weighted by Gasteiger charge is 2.17. The van der Waals surface area contributed by atoms with Gasteiger partial charge < -0.3 is 14.6 Å². The number of alkyl halides is 1. The van der Waals surface area contributed by atoms with Crippen LogP contribution in [0.2, 0.25) is 0 Å². The third kappa shape index (κ3) is 5.54. The average Bonchev–Trinajstić information content (AvgIpc) is 2.64. The largest absolute Gasteiger partial charge is 0.493 e. The Labute approximate surface area is 156 Å². The maximum absolute atomic E-state index is 11.4. The number of ether oxygens (including phenoxy) is 2. The summed E-state index contributed by atoms with van der Waals surface area (Å²) in [5.41, 5.74) is 2.88. The first kappa shape index (κ1) is 19.4. The van der Waals surface area contributed by atoms with Gasteiger partial charge in [0, 0.05) is 6.20 Å². The Balaban J connectivity index is 1.94. The van der Waals surface area contributed by atoms with Crippen LogP contribution in [0.4, 0.5) is 0 Å². The summed E-state index contributed by atoms with van der Waals surface area (Å²) >= 11 is 3.31. The molecule has 0 saturated heterocycles. The van der Waals surface area contributed by atoms with Gasteiger partial charge in [0.05, 0.1) is 31.9 Å². The summed E-state index contributed by atoms with van der Waals surface area (Å²) in [6.45, 7) is 2.29. The first-order chi connectivity index (χ1) is 12.0. The van der Waals surface area contributed by atoms with Crippen LogP contribution in [0.25, 0.3) is 0 Å². The van der Waals surface area contributed by atoms with Gasteiger partial charge in [-0.2, -0.15) is 0 Å². The number of carbonyl (C=O) groups excluding carboxylic acids is 1. The lowest BCUT2D eigenvalue weighted by Crippen LogP contribution is -2.18. The Morgan fingerprint density at radius 3 is 2.60 bits per heavy atom. The molecule has 0 aliphatic heterocycles. The smallest absolute Gasteiger partial charge is 0.319 e. The number of benzene rings is 1. The van der Waals surface area contributed by atoms with Crippen molar-refractivity contribution in [2.75, 3.05) is 20.3 Å². The molecule has 0 fully saturated rings. The number of halogens is 1. The molecule has 1 N–H and O–H groups in total. The number of nitrogens with zero attached hydrogens (tertiary/aromatic N) is 1. The van der Waals surface area contributed by atoms with Crippen molar-refractivity contribution in [3.63, 3.8) is 0 Å². The lowest BCUT2D eigenvalue weighted by Gasteiger charge is -2.17. The molecule has 5 nitrogen and oxygen atoms in total. The second-order valence-electron chi connectivity index (χ2n) is 5.73.